The molecule has 7 heteroatoms. The summed E-state index contributed by atoms with van der Waals surface area (Å²) in [5.74, 6) is 0.564. The number of nitrogens with one attached hydrogen (secondary N) is 1. The molecule has 2 aromatic carbocycles. The number of aryl methyl sites for hydroxylation is 1. The fraction of sp³-hybridized carbons (Fsp3) is 0.250. The number of hydrogen-bond donors (Lipinski definition) is 1. The topological polar surface area (TPSA) is 67.2 Å². The minimum absolute atomic E-state index is 0.0788. The first kappa shape index (κ1) is 19.1. The molecular weight excluding hydrogens is 360 g/mol. The van der Waals surface area contributed by atoms with Gasteiger partial charge in [-0.05, 0) is 23.3 Å². The average Bonchev–Trinajstić information content (AvgIpc) is 3.06. The first-order chi connectivity index (χ1) is 12.9. The molecule has 0 saturated carbocycles. The summed E-state index contributed by atoms with van der Waals surface area (Å²) in [5.41, 5.74) is 2.63. The van der Waals surface area contributed by atoms with E-state index in [1.165, 1.54) is 0 Å². The first-order valence-electron chi connectivity index (χ1n) is 8.64. The number of nitrogens with zero attached hydrogens (tertiary/aromatic N) is 3. The van der Waals surface area contributed by atoms with E-state index >= 15 is 0 Å². The van der Waals surface area contributed by atoms with Gasteiger partial charge in [0.1, 0.15) is 11.9 Å². The highest BCUT2D eigenvalue weighted by Gasteiger charge is 2.24. The van der Waals surface area contributed by atoms with E-state index in [2.05, 4.69) is 9.71 Å². The van der Waals surface area contributed by atoms with Gasteiger partial charge in [-0.3, -0.25) is 0 Å². The Morgan fingerprint density at radius 3 is 2.30 bits per heavy atom. The van der Waals surface area contributed by atoms with Crippen molar-refractivity contribution in [2.45, 2.75) is 11.8 Å². The summed E-state index contributed by atoms with van der Waals surface area (Å²) in [6.07, 6.45) is 3.48. The Bertz CT molecular complexity index is 980. The second-order valence-electron chi connectivity index (χ2n) is 6.68. The molecule has 1 N–H and O–H groups in total. The summed E-state index contributed by atoms with van der Waals surface area (Å²) >= 11 is 0. The molecule has 27 heavy (non-hydrogen) atoms. The molecule has 0 amide bonds. The van der Waals surface area contributed by atoms with Crippen molar-refractivity contribution in [2.75, 3.05) is 19.0 Å². The van der Waals surface area contributed by atoms with Gasteiger partial charge in [0.2, 0.25) is 10.0 Å². The normalized spacial score (nSPS) is 12.7. The highest BCUT2D eigenvalue weighted by Crippen LogP contribution is 2.24. The molecule has 142 valence electrons. The molecule has 0 saturated heterocycles. The van der Waals surface area contributed by atoms with E-state index < -0.39 is 16.1 Å². The van der Waals surface area contributed by atoms with Crippen LogP contribution in [0.5, 0.6) is 0 Å². The SMILES string of the molecule is CN(C)c1ccc([C@@H](NS(=O)(=O)Cc2ccccc2)c2nccn2C)cc1. The zero-order chi connectivity index (χ0) is 19.4. The van der Waals surface area contributed by atoms with Crippen LogP contribution >= 0.6 is 0 Å². The molecule has 1 aromatic heterocycles. The molecule has 6 nitrogen and oxygen atoms in total. The molecule has 0 fully saturated rings. The van der Waals surface area contributed by atoms with Crippen LogP contribution in [0.3, 0.4) is 0 Å². The third kappa shape index (κ3) is 4.75. The number of aromatic nitrogens is 2. The van der Waals surface area contributed by atoms with Crippen LogP contribution in [-0.2, 0) is 22.8 Å². The molecule has 3 aromatic rings. The number of rotatable bonds is 7. The molecule has 1 atom stereocenters. The third-order valence-corrected chi connectivity index (χ3v) is 5.66. The molecule has 0 aliphatic rings. The van der Waals surface area contributed by atoms with E-state index in [1.54, 1.807) is 18.3 Å². The zero-order valence-electron chi connectivity index (χ0n) is 15.7. The van der Waals surface area contributed by atoms with Crippen molar-refractivity contribution in [3.8, 4) is 0 Å². The zero-order valence-corrected chi connectivity index (χ0v) is 16.5. The first-order valence-corrected chi connectivity index (χ1v) is 10.3. The van der Waals surface area contributed by atoms with Gasteiger partial charge >= 0.3 is 0 Å². The van der Waals surface area contributed by atoms with Gasteiger partial charge in [-0.1, -0.05) is 42.5 Å². The van der Waals surface area contributed by atoms with Gasteiger partial charge in [0, 0.05) is 39.2 Å². The molecule has 0 spiro atoms. The maximum Gasteiger partial charge on any atom is 0.216 e. The van der Waals surface area contributed by atoms with Gasteiger partial charge < -0.3 is 9.47 Å². The summed E-state index contributed by atoms with van der Waals surface area (Å²) in [4.78, 5) is 6.37. The Kier molecular flexibility index (Phi) is 5.62. The second kappa shape index (κ2) is 7.94. The number of anilines is 1. The van der Waals surface area contributed by atoms with E-state index in [-0.39, 0.29) is 5.75 Å². The number of benzene rings is 2. The standard InChI is InChI=1S/C20H24N4O2S/c1-23(2)18-11-9-17(10-12-18)19(20-21-13-14-24(20)3)22-27(25,26)15-16-7-5-4-6-8-16/h4-14,19,22H,15H2,1-3H3/t19-/m1/s1. The fourth-order valence-electron chi connectivity index (χ4n) is 2.90. The van der Waals surface area contributed by atoms with Crippen LogP contribution in [-0.4, -0.2) is 32.1 Å². The van der Waals surface area contributed by atoms with Crippen LogP contribution in [0.4, 0.5) is 5.69 Å². The van der Waals surface area contributed by atoms with Crippen LogP contribution in [0, 0.1) is 0 Å². The van der Waals surface area contributed by atoms with Crippen LogP contribution < -0.4 is 9.62 Å². The fourth-order valence-corrected chi connectivity index (χ4v) is 4.22. The average molecular weight is 385 g/mol. The number of imidazole rings is 1. The summed E-state index contributed by atoms with van der Waals surface area (Å²) in [7, 11) is 2.22. The molecule has 1 heterocycles. The molecule has 0 unspecified atom stereocenters. The number of sulfonamides is 1. The lowest BCUT2D eigenvalue weighted by atomic mass is 10.1. The maximum atomic E-state index is 12.8. The Labute approximate surface area is 160 Å². The van der Waals surface area contributed by atoms with Crippen molar-refractivity contribution in [1.29, 1.82) is 0 Å². The predicted molar refractivity (Wildman–Crippen MR) is 108 cm³/mol. The van der Waals surface area contributed by atoms with Crippen molar-refractivity contribution < 1.29 is 8.42 Å². The minimum Gasteiger partial charge on any atom is -0.378 e. The van der Waals surface area contributed by atoms with Crippen molar-refractivity contribution in [2.24, 2.45) is 7.05 Å². The highest BCUT2D eigenvalue weighted by atomic mass is 32.2. The van der Waals surface area contributed by atoms with Gasteiger partial charge in [-0.25, -0.2) is 13.4 Å². The maximum absolute atomic E-state index is 12.8. The smallest absolute Gasteiger partial charge is 0.216 e. The summed E-state index contributed by atoms with van der Waals surface area (Å²) in [6.45, 7) is 0. The summed E-state index contributed by atoms with van der Waals surface area (Å²) in [5, 5.41) is 0. The van der Waals surface area contributed by atoms with Crippen LogP contribution in [0.1, 0.15) is 23.0 Å². The molecule has 0 radical (unpaired) electrons. The van der Waals surface area contributed by atoms with Gasteiger partial charge in [-0.15, -0.1) is 0 Å². The summed E-state index contributed by atoms with van der Waals surface area (Å²) in [6, 6.07) is 16.4. The third-order valence-electron chi connectivity index (χ3n) is 4.36. The second-order valence-corrected chi connectivity index (χ2v) is 8.43. The Morgan fingerprint density at radius 2 is 1.74 bits per heavy atom. The molecular formula is C20H24N4O2S. The Morgan fingerprint density at radius 1 is 1.07 bits per heavy atom. The molecule has 3 rings (SSSR count). The largest absolute Gasteiger partial charge is 0.378 e. The van der Waals surface area contributed by atoms with Gasteiger partial charge in [0.05, 0.1) is 5.75 Å². The van der Waals surface area contributed by atoms with E-state index in [4.69, 9.17) is 0 Å². The van der Waals surface area contributed by atoms with E-state index in [0.29, 0.717) is 5.82 Å². The molecule has 0 aliphatic heterocycles. The van der Waals surface area contributed by atoms with Crippen LogP contribution in [0.25, 0.3) is 0 Å². The quantitative estimate of drug-likeness (QED) is 0.680. The van der Waals surface area contributed by atoms with E-state index in [1.807, 2.05) is 79.3 Å². The Balaban J connectivity index is 1.92. The van der Waals surface area contributed by atoms with Crippen LogP contribution in [0.2, 0.25) is 0 Å². The van der Waals surface area contributed by atoms with Crippen molar-refractivity contribution >= 4 is 15.7 Å². The lowest BCUT2D eigenvalue weighted by Crippen LogP contribution is -2.32. The number of hydrogen-bond acceptors (Lipinski definition) is 4. The monoisotopic (exact) mass is 384 g/mol. The summed E-state index contributed by atoms with van der Waals surface area (Å²) < 4.78 is 30.3. The van der Waals surface area contributed by atoms with Crippen LogP contribution in [0.15, 0.2) is 67.0 Å². The lowest BCUT2D eigenvalue weighted by Gasteiger charge is -2.20. The van der Waals surface area contributed by atoms with Crippen molar-refractivity contribution in [3.63, 3.8) is 0 Å². The minimum atomic E-state index is -3.57. The molecule has 0 bridgehead atoms. The molecule has 0 aliphatic carbocycles. The lowest BCUT2D eigenvalue weighted by molar-refractivity contribution is 0.562. The predicted octanol–water partition coefficient (Wildman–Crippen LogP) is 2.70. The van der Waals surface area contributed by atoms with Crippen molar-refractivity contribution in [3.05, 3.63) is 83.9 Å². The van der Waals surface area contributed by atoms with E-state index in [9.17, 15) is 8.42 Å². The van der Waals surface area contributed by atoms with Crippen molar-refractivity contribution in [1.82, 2.24) is 14.3 Å². The van der Waals surface area contributed by atoms with Gasteiger partial charge in [-0.2, -0.15) is 4.72 Å². The highest BCUT2D eigenvalue weighted by molar-refractivity contribution is 7.88. The van der Waals surface area contributed by atoms with Gasteiger partial charge in [0.25, 0.3) is 0 Å². The van der Waals surface area contributed by atoms with Gasteiger partial charge in [0.15, 0.2) is 0 Å². The van der Waals surface area contributed by atoms with E-state index in [0.717, 1.165) is 16.8 Å². The Hall–Kier alpha value is -2.64.